The molecule has 3 rings (SSSR count). The molecule has 0 spiro atoms. The molecule has 122 valence electrons. The van der Waals surface area contributed by atoms with E-state index >= 15 is 0 Å². The van der Waals surface area contributed by atoms with Crippen LogP contribution in [0.3, 0.4) is 0 Å². The average molecular weight is 329 g/mol. The number of H-pyrrole nitrogens is 1. The standard InChI is InChI=1S/C20H15N3O2/c1-22-20(25)14-8-6-13(7-9-14)10-15(11-21)19(24)17-12-23-18-5-3-2-4-16(17)18/h2-10,12,23H,1H3,(H,22,25)/b15-10+. The molecule has 2 aromatic carbocycles. The number of amides is 1. The SMILES string of the molecule is CNC(=O)c1ccc(/C=C(\C#N)C(=O)c2c[nH]c3ccccc23)cc1. The third kappa shape index (κ3) is 3.19. The lowest BCUT2D eigenvalue weighted by Crippen LogP contribution is -2.17. The Morgan fingerprint density at radius 2 is 1.84 bits per heavy atom. The van der Waals surface area contributed by atoms with E-state index in [1.54, 1.807) is 37.5 Å². The molecule has 1 heterocycles. The van der Waals surface area contributed by atoms with Gasteiger partial charge in [0.2, 0.25) is 5.78 Å². The van der Waals surface area contributed by atoms with Crippen molar-refractivity contribution in [3.63, 3.8) is 0 Å². The van der Waals surface area contributed by atoms with Crippen molar-refractivity contribution in [2.45, 2.75) is 0 Å². The van der Waals surface area contributed by atoms with Crippen molar-refractivity contribution in [1.82, 2.24) is 10.3 Å². The Morgan fingerprint density at radius 3 is 2.52 bits per heavy atom. The first kappa shape index (κ1) is 16.2. The van der Waals surface area contributed by atoms with Crippen molar-refractivity contribution < 1.29 is 9.59 Å². The molecule has 0 fully saturated rings. The number of hydrogen-bond donors (Lipinski definition) is 2. The van der Waals surface area contributed by atoms with E-state index in [1.165, 1.54) is 6.08 Å². The molecular weight excluding hydrogens is 314 g/mol. The Balaban J connectivity index is 1.94. The third-order valence-electron chi connectivity index (χ3n) is 3.91. The van der Waals surface area contributed by atoms with Crippen LogP contribution in [0.2, 0.25) is 0 Å². The molecule has 5 heteroatoms. The van der Waals surface area contributed by atoms with Crippen LogP contribution in [0.4, 0.5) is 0 Å². The number of aromatic amines is 1. The maximum absolute atomic E-state index is 12.7. The van der Waals surface area contributed by atoms with Crippen LogP contribution in [0.15, 0.2) is 60.3 Å². The van der Waals surface area contributed by atoms with E-state index < -0.39 is 0 Å². The van der Waals surface area contributed by atoms with Crippen molar-refractivity contribution >= 4 is 28.7 Å². The first-order valence-corrected chi connectivity index (χ1v) is 7.69. The van der Waals surface area contributed by atoms with E-state index in [0.29, 0.717) is 16.7 Å². The number of fused-ring (bicyclic) bond motifs is 1. The summed E-state index contributed by atoms with van der Waals surface area (Å²) in [7, 11) is 1.56. The summed E-state index contributed by atoms with van der Waals surface area (Å²) in [6.07, 6.45) is 3.14. The molecule has 5 nitrogen and oxygen atoms in total. The number of Topliss-reactive ketones (excluding diaryl/α,β-unsaturated/α-hetero) is 1. The van der Waals surface area contributed by atoms with Crippen molar-refractivity contribution in [2.24, 2.45) is 0 Å². The number of nitrogens with zero attached hydrogens (tertiary/aromatic N) is 1. The first-order chi connectivity index (χ1) is 12.1. The van der Waals surface area contributed by atoms with Crippen molar-refractivity contribution in [3.05, 3.63) is 77.0 Å². The van der Waals surface area contributed by atoms with Crippen LogP contribution >= 0.6 is 0 Å². The van der Waals surface area contributed by atoms with E-state index in [4.69, 9.17) is 0 Å². The van der Waals surface area contributed by atoms with Gasteiger partial charge in [-0.05, 0) is 29.8 Å². The Kier molecular flexibility index (Phi) is 4.44. The van der Waals surface area contributed by atoms with E-state index in [2.05, 4.69) is 10.3 Å². The summed E-state index contributed by atoms with van der Waals surface area (Å²) in [4.78, 5) is 27.3. The highest BCUT2D eigenvalue weighted by Gasteiger charge is 2.16. The lowest BCUT2D eigenvalue weighted by Gasteiger charge is -2.01. The van der Waals surface area contributed by atoms with Crippen LogP contribution in [0.25, 0.3) is 17.0 Å². The molecule has 2 N–H and O–H groups in total. The van der Waals surface area contributed by atoms with Gasteiger partial charge < -0.3 is 10.3 Å². The molecule has 1 amide bonds. The van der Waals surface area contributed by atoms with Crippen LogP contribution in [0.5, 0.6) is 0 Å². The second-order valence-electron chi connectivity index (χ2n) is 5.45. The Morgan fingerprint density at radius 1 is 1.12 bits per heavy atom. The summed E-state index contributed by atoms with van der Waals surface area (Å²) in [5.74, 6) is -0.527. The average Bonchev–Trinajstić information content (AvgIpc) is 3.09. The number of benzene rings is 2. The van der Waals surface area contributed by atoms with E-state index in [9.17, 15) is 14.9 Å². The minimum atomic E-state index is -0.338. The second-order valence-corrected chi connectivity index (χ2v) is 5.45. The largest absolute Gasteiger partial charge is 0.360 e. The summed E-state index contributed by atoms with van der Waals surface area (Å²) in [6.45, 7) is 0. The number of ketones is 1. The molecule has 0 unspecified atom stereocenters. The van der Waals surface area contributed by atoms with Crippen LogP contribution in [0, 0.1) is 11.3 Å². The number of carbonyl (C=O) groups is 2. The van der Waals surface area contributed by atoms with Crippen LogP contribution < -0.4 is 5.32 Å². The van der Waals surface area contributed by atoms with E-state index in [1.807, 2.05) is 30.3 Å². The van der Waals surface area contributed by atoms with Gasteiger partial charge in [-0.25, -0.2) is 0 Å². The fourth-order valence-corrected chi connectivity index (χ4v) is 2.59. The van der Waals surface area contributed by atoms with Gasteiger partial charge in [0.05, 0.1) is 0 Å². The lowest BCUT2D eigenvalue weighted by molar-refractivity contribution is 0.0962. The zero-order valence-electron chi connectivity index (χ0n) is 13.5. The minimum Gasteiger partial charge on any atom is -0.360 e. The van der Waals surface area contributed by atoms with Crippen molar-refractivity contribution in [3.8, 4) is 6.07 Å². The third-order valence-corrected chi connectivity index (χ3v) is 3.91. The van der Waals surface area contributed by atoms with E-state index in [0.717, 1.165) is 10.9 Å². The Bertz CT molecular complexity index is 1020. The van der Waals surface area contributed by atoms with Gasteiger partial charge in [0.25, 0.3) is 5.91 Å². The number of hydrogen-bond acceptors (Lipinski definition) is 3. The smallest absolute Gasteiger partial charge is 0.251 e. The first-order valence-electron chi connectivity index (χ1n) is 7.69. The van der Waals surface area contributed by atoms with Crippen LogP contribution in [-0.4, -0.2) is 23.7 Å². The number of nitrogens with one attached hydrogen (secondary N) is 2. The Hall–Kier alpha value is -3.65. The van der Waals surface area contributed by atoms with Crippen molar-refractivity contribution in [1.29, 1.82) is 5.26 Å². The summed E-state index contributed by atoms with van der Waals surface area (Å²) in [5.41, 5.74) is 2.54. The molecule has 0 aliphatic heterocycles. The number of carbonyl (C=O) groups excluding carboxylic acids is 2. The topological polar surface area (TPSA) is 85.8 Å². The highest BCUT2D eigenvalue weighted by Crippen LogP contribution is 2.21. The predicted octanol–water partition coefficient (Wildman–Crippen LogP) is 3.32. The normalized spacial score (nSPS) is 11.1. The zero-order chi connectivity index (χ0) is 17.8. The molecule has 3 aromatic rings. The summed E-state index contributed by atoms with van der Waals surface area (Å²) < 4.78 is 0. The van der Waals surface area contributed by atoms with Gasteiger partial charge in [0.1, 0.15) is 11.6 Å². The number of allylic oxidation sites excluding steroid dienone is 1. The minimum absolute atomic E-state index is 0.0393. The quantitative estimate of drug-likeness (QED) is 0.437. The van der Waals surface area contributed by atoms with Gasteiger partial charge in [-0.15, -0.1) is 0 Å². The summed E-state index contributed by atoms with van der Waals surface area (Å²) in [6, 6.07) is 16.1. The zero-order valence-corrected chi connectivity index (χ0v) is 13.5. The summed E-state index contributed by atoms with van der Waals surface area (Å²) >= 11 is 0. The highest BCUT2D eigenvalue weighted by atomic mass is 16.1. The second kappa shape index (κ2) is 6.85. The molecule has 1 aromatic heterocycles. The van der Waals surface area contributed by atoms with Gasteiger partial charge in [-0.3, -0.25) is 9.59 Å². The van der Waals surface area contributed by atoms with Crippen molar-refractivity contribution in [2.75, 3.05) is 7.05 Å². The van der Waals surface area contributed by atoms with Gasteiger partial charge in [-0.1, -0.05) is 30.3 Å². The van der Waals surface area contributed by atoms with Crippen LogP contribution in [0.1, 0.15) is 26.3 Å². The van der Waals surface area contributed by atoms with Gasteiger partial charge in [0.15, 0.2) is 0 Å². The maximum Gasteiger partial charge on any atom is 0.251 e. The van der Waals surface area contributed by atoms with Crippen LogP contribution in [-0.2, 0) is 0 Å². The highest BCUT2D eigenvalue weighted by molar-refractivity contribution is 6.19. The molecule has 25 heavy (non-hydrogen) atoms. The fourth-order valence-electron chi connectivity index (χ4n) is 2.59. The molecule has 0 bridgehead atoms. The maximum atomic E-state index is 12.7. The fraction of sp³-hybridized carbons (Fsp3) is 0.0500. The Labute approximate surface area is 144 Å². The van der Waals surface area contributed by atoms with Gasteiger partial charge in [-0.2, -0.15) is 5.26 Å². The van der Waals surface area contributed by atoms with Gasteiger partial charge in [0, 0.05) is 35.3 Å². The predicted molar refractivity (Wildman–Crippen MR) is 96.1 cm³/mol. The number of rotatable bonds is 4. The summed E-state index contributed by atoms with van der Waals surface area (Å²) in [5, 5.41) is 12.7. The lowest BCUT2D eigenvalue weighted by atomic mass is 10.0. The molecule has 0 aliphatic rings. The van der Waals surface area contributed by atoms with E-state index in [-0.39, 0.29) is 17.3 Å². The molecule has 0 radical (unpaired) electrons. The molecule has 0 saturated carbocycles. The molecular formula is C20H15N3O2. The number of aromatic nitrogens is 1. The molecule has 0 atom stereocenters. The number of nitriles is 1. The number of para-hydroxylation sites is 1. The van der Waals surface area contributed by atoms with Gasteiger partial charge >= 0.3 is 0 Å². The molecule has 0 aliphatic carbocycles. The molecule has 0 saturated heterocycles. The monoisotopic (exact) mass is 329 g/mol.